The van der Waals surface area contributed by atoms with Crippen LogP contribution in [0.25, 0.3) is 17.1 Å². The summed E-state index contributed by atoms with van der Waals surface area (Å²) in [6.07, 6.45) is -0.273. The molecule has 0 aliphatic carbocycles. The van der Waals surface area contributed by atoms with Crippen molar-refractivity contribution in [1.82, 2.24) is 20.1 Å². The molecule has 0 bridgehead atoms. The minimum Gasteiger partial charge on any atom is -0.406 e. The van der Waals surface area contributed by atoms with Gasteiger partial charge in [0.2, 0.25) is 0 Å². The molecule has 3 aromatic carbocycles. The van der Waals surface area contributed by atoms with Gasteiger partial charge in [-0.2, -0.15) is 4.99 Å². The third-order valence-corrected chi connectivity index (χ3v) is 8.45. The van der Waals surface area contributed by atoms with Crippen molar-refractivity contribution in [2.75, 3.05) is 10.7 Å². The number of halogens is 3. The van der Waals surface area contributed by atoms with Gasteiger partial charge in [-0.1, -0.05) is 61.5 Å². The lowest BCUT2D eigenvalue weighted by atomic mass is 10.0. The maximum absolute atomic E-state index is 13.1. The van der Waals surface area contributed by atoms with Gasteiger partial charge in [0, 0.05) is 23.0 Å². The first-order valence-corrected chi connectivity index (χ1v) is 15.8. The summed E-state index contributed by atoms with van der Waals surface area (Å²) in [4.78, 5) is 24.2. The van der Waals surface area contributed by atoms with Crippen molar-refractivity contribution < 1.29 is 22.7 Å². The molecule has 1 saturated heterocycles. The average molecular weight is 637 g/mol. The number of hydrogen-bond acceptors (Lipinski definition) is 5. The molecule has 0 radical (unpaired) electrons. The Kier molecular flexibility index (Phi) is 9.81. The van der Waals surface area contributed by atoms with E-state index in [9.17, 15) is 18.0 Å². The quantitative estimate of drug-likeness (QED) is 0.210. The number of nitrogens with one attached hydrogen (secondary N) is 1. The summed E-state index contributed by atoms with van der Waals surface area (Å²) in [6.45, 7) is 8.33. The zero-order valence-electron chi connectivity index (χ0n) is 25.5. The van der Waals surface area contributed by atoms with E-state index in [0.29, 0.717) is 16.7 Å². The van der Waals surface area contributed by atoms with Crippen LogP contribution in [-0.2, 0) is 6.42 Å². The molecule has 5 rings (SSSR count). The minimum absolute atomic E-state index is 0.222. The number of aryl methyl sites for hydroxylation is 2. The van der Waals surface area contributed by atoms with Gasteiger partial charge in [0.25, 0.3) is 0 Å². The predicted octanol–water partition coefficient (Wildman–Crippen LogP) is 8.25. The van der Waals surface area contributed by atoms with Crippen LogP contribution in [0.2, 0.25) is 0 Å². The molecule has 236 valence electrons. The normalized spacial score (nSPS) is 16.9. The summed E-state index contributed by atoms with van der Waals surface area (Å²) >= 11 is 1.60. The number of hydrogen-bond donors (Lipinski definition) is 1. The van der Waals surface area contributed by atoms with E-state index in [4.69, 9.17) is 0 Å². The molecule has 1 aliphatic heterocycles. The Labute approximate surface area is 264 Å². The van der Waals surface area contributed by atoms with Gasteiger partial charge in [-0.15, -0.1) is 18.3 Å². The molecule has 2 heterocycles. The van der Waals surface area contributed by atoms with Gasteiger partial charge >= 0.3 is 12.4 Å². The lowest BCUT2D eigenvalue weighted by Crippen LogP contribution is -2.42. The molecule has 1 N–H and O–H groups in total. The van der Waals surface area contributed by atoms with Gasteiger partial charge in [0.15, 0.2) is 11.0 Å². The third-order valence-electron chi connectivity index (χ3n) is 7.47. The lowest BCUT2D eigenvalue weighted by Gasteiger charge is -2.37. The maximum Gasteiger partial charge on any atom is 0.573 e. The Bertz CT molecular complexity index is 1650. The van der Waals surface area contributed by atoms with Gasteiger partial charge in [-0.25, -0.2) is 14.5 Å². The van der Waals surface area contributed by atoms with Crippen LogP contribution in [0, 0.1) is 6.92 Å². The van der Waals surface area contributed by atoms with Gasteiger partial charge in [0.05, 0.1) is 11.7 Å². The fraction of sp³-hybridized carbons (Fsp3) is 0.333. The zero-order chi connectivity index (χ0) is 32.1. The van der Waals surface area contributed by atoms with Crippen molar-refractivity contribution in [3.05, 3.63) is 89.7 Å². The van der Waals surface area contributed by atoms with E-state index >= 15 is 0 Å². The number of benzene rings is 3. The Morgan fingerprint density at radius 2 is 1.87 bits per heavy atom. The van der Waals surface area contributed by atoms with Crippen molar-refractivity contribution in [2.45, 2.75) is 65.4 Å². The number of urea groups is 1. The second kappa shape index (κ2) is 13.8. The number of thioether (sulfide) groups is 1. The molecule has 4 aromatic rings. The Morgan fingerprint density at radius 3 is 2.56 bits per heavy atom. The molecule has 1 fully saturated rings. The molecule has 2 unspecified atom stereocenters. The molecule has 12 heteroatoms. The molecule has 0 saturated carbocycles. The maximum atomic E-state index is 13.1. The first-order valence-electron chi connectivity index (χ1n) is 14.8. The number of anilines is 1. The minimum atomic E-state index is -4.75. The van der Waals surface area contributed by atoms with Crippen molar-refractivity contribution >= 4 is 28.6 Å². The average Bonchev–Trinajstić information content (AvgIpc) is 3.48. The summed E-state index contributed by atoms with van der Waals surface area (Å²) in [6, 6.07) is 18.9. The first-order chi connectivity index (χ1) is 21.5. The van der Waals surface area contributed by atoms with Crippen LogP contribution in [0.5, 0.6) is 5.75 Å². The van der Waals surface area contributed by atoms with Crippen LogP contribution < -0.4 is 15.0 Å². The number of rotatable bonds is 8. The lowest BCUT2D eigenvalue weighted by molar-refractivity contribution is -0.274. The van der Waals surface area contributed by atoms with Crippen LogP contribution in [0.3, 0.4) is 0 Å². The highest BCUT2D eigenvalue weighted by atomic mass is 32.2. The monoisotopic (exact) mass is 636 g/mol. The highest BCUT2D eigenvalue weighted by Gasteiger charge is 2.31. The highest BCUT2D eigenvalue weighted by Crippen LogP contribution is 2.33. The number of alkyl halides is 3. The fourth-order valence-electron chi connectivity index (χ4n) is 5.14. The molecular formula is C33H35F3N6O2S. The van der Waals surface area contributed by atoms with Gasteiger partial charge < -0.3 is 15.0 Å². The molecule has 0 spiro atoms. The van der Waals surface area contributed by atoms with Crippen LogP contribution in [0.15, 0.2) is 78.0 Å². The molecule has 2 amide bonds. The van der Waals surface area contributed by atoms with E-state index in [1.54, 1.807) is 11.8 Å². The largest absolute Gasteiger partial charge is 0.573 e. The molecular weight excluding hydrogens is 601 g/mol. The van der Waals surface area contributed by atoms with Gasteiger partial charge in [-0.05, 0) is 80.6 Å². The van der Waals surface area contributed by atoms with Crippen molar-refractivity contribution in [3.8, 4) is 22.8 Å². The number of aliphatic imine (C=N–C) groups is 1. The van der Waals surface area contributed by atoms with Crippen LogP contribution in [-0.4, -0.2) is 44.1 Å². The highest BCUT2D eigenvalue weighted by molar-refractivity contribution is 8.14. The van der Waals surface area contributed by atoms with Gasteiger partial charge in [0.1, 0.15) is 12.1 Å². The second-order valence-electron chi connectivity index (χ2n) is 11.0. The third kappa shape index (κ3) is 8.05. The summed E-state index contributed by atoms with van der Waals surface area (Å²) in [7, 11) is 0. The number of aromatic nitrogens is 3. The summed E-state index contributed by atoms with van der Waals surface area (Å²) in [5, 5.41) is 8.16. The second-order valence-corrected chi connectivity index (χ2v) is 12.0. The SMILES string of the molecule is CCCc1ccc(C)cc1N1C(=NC(=O)NC(C)c2ccc(-c3ncn(-c4ccc(OC(F)(F)F)cc4)n3)cc2)SCCC1C. The number of amidine groups is 1. The van der Waals surface area contributed by atoms with Crippen LogP contribution in [0.4, 0.5) is 23.7 Å². The predicted molar refractivity (Wildman–Crippen MR) is 172 cm³/mol. The van der Waals surface area contributed by atoms with E-state index in [0.717, 1.165) is 41.8 Å². The number of amides is 2. The van der Waals surface area contributed by atoms with E-state index in [2.05, 4.69) is 69.0 Å². The van der Waals surface area contributed by atoms with Crippen molar-refractivity contribution in [1.29, 1.82) is 0 Å². The van der Waals surface area contributed by atoms with Crippen molar-refractivity contribution in [2.24, 2.45) is 4.99 Å². The summed E-state index contributed by atoms with van der Waals surface area (Å²) < 4.78 is 42.7. The number of carbonyl (C=O) groups excluding carboxylic acids is 1. The molecule has 1 aromatic heterocycles. The fourth-order valence-corrected chi connectivity index (χ4v) is 6.35. The smallest absolute Gasteiger partial charge is 0.406 e. The molecule has 45 heavy (non-hydrogen) atoms. The van der Waals surface area contributed by atoms with E-state index in [1.165, 1.54) is 46.4 Å². The Balaban J connectivity index is 1.26. The summed E-state index contributed by atoms with van der Waals surface area (Å²) in [5.41, 5.74) is 5.71. The van der Waals surface area contributed by atoms with E-state index in [-0.39, 0.29) is 17.8 Å². The number of carbonyl (C=O) groups is 1. The van der Waals surface area contributed by atoms with E-state index < -0.39 is 12.4 Å². The molecule has 2 atom stereocenters. The Hall–Kier alpha value is -4.32. The van der Waals surface area contributed by atoms with Gasteiger partial charge in [-0.3, -0.25) is 0 Å². The first kappa shape index (κ1) is 32.1. The number of ether oxygens (including phenoxy) is 1. The Morgan fingerprint density at radius 1 is 1.13 bits per heavy atom. The van der Waals surface area contributed by atoms with Crippen LogP contribution in [0.1, 0.15) is 56.3 Å². The molecule has 1 aliphatic rings. The standard InChI is InChI=1S/C33H35F3N6O2S/c1-5-6-25-8-7-21(2)19-29(25)42-22(3)17-18-45-32(42)39-31(43)38-23(4)24-9-11-26(12-10-24)30-37-20-41(40-30)27-13-15-28(16-14-27)44-33(34,35)36/h7-16,19-20,22-23H,5-6,17-18H2,1-4H3,(H,38,43). The van der Waals surface area contributed by atoms with Crippen molar-refractivity contribution in [3.63, 3.8) is 0 Å². The number of nitrogens with zero attached hydrogens (tertiary/aromatic N) is 5. The van der Waals surface area contributed by atoms with E-state index in [1.807, 2.05) is 31.2 Å². The molecule has 8 nitrogen and oxygen atoms in total. The topological polar surface area (TPSA) is 84.6 Å². The van der Waals surface area contributed by atoms with Crippen LogP contribution >= 0.6 is 11.8 Å². The zero-order valence-corrected chi connectivity index (χ0v) is 26.3. The summed E-state index contributed by atoms with van der Waals surface area (Å²) in [5.74, 6) is 1.03.